The summed E-state index contributed by atoms with van der Waals surface area (Å²) in [5, 5.41) is 0. The first-order chi connectivity index (χ1) is 8.00. The summed E-state index contributed by atoms with van der Waals surface area (Å²) in [5.74, 6) is 0. The molecule has 0 heterocycles. The van der Waals surface area contributed by atoms with Gasteiger partial charge in [-0.05, 0) is 45.9 Å². The van der Waals surface area contributed by atoms with E-state index in [1.54, 1.807) is 0 Å². The SMILES string of the molecule is C/C=C\C(=C/C)N(c1ccccc1)C(C)(C)S. The second-order valence-corrected chi connectivity index (χ2v) is 5.47. The summed E-state index contributed by atoms with van der Waals surface area (Å²) in [7, 11) is 0. The van der Waals surface area contributed by atoms with Crippen molar-refractivity contribution in [2.24, 2.45) is 0 Å². The van der Waals surface area contributed by atoms with Gasteiger partial charge in [-0.25, -0.2) is 0 Å². The van der Waals surface area contributed by atoms with E-state index >= 15 is 0 Å². The van der Waals surface area contributed by atoms with Crippen LogP contribution in [0.2, 0.25) is 0 Å². The Balaban J connectivity index is 3.23. The summed E-state index contributed by atoms with van der Waals surface area (Å²) in [6, 6.07) is 10.3. The van der Waals surface area contributed by atoms with Gasteiger partial charge in [0.25, 0.3) is 0 Å². The molecule has 0 amide bonds. The molecule has 0 aliphatic heterocycles. The van der Waals surface area contributed by atoms with E-state index in [2.05, 4.69) is 43.0 Å². The third kappa shape index (κ3) is 3.67. The highest BCUT2D eigenvalue weighted by Crippen LogP contribution is 2.31. The van der Waals surface area contributed by atoms with E-state index in [1.165, 1.54) is 0 Å². The standard InChI is InChI=1S/C15H21NS/c1-5-10-13(6-2)16(15(3,4)17)14-11-8-7-9-12-14/h5-12,17H,1-4H3/b10-5-,13-6+. The molecule has 1 aromatic carbocycles. The molecule has 0 radical (unpaired) electrons. The van der Waals surface area contributed by atoms with Crippen molar-refractivity contribution in [1.82, 2.24) is 0 Å². The minimum Gasteiger partial charge on any atom is -0.327 e. The number of hydrogen-bond acceptors (Lipinski definition) is 2. The van der Waals surface area contributed by atoms with E-state index in [0.717, 1.165) is 11.4 Å². The van der Waals surface area contributed by atoms with Crippen molar-refractivity contribution in [3.8, 4) is 0 Å². The second-order valence-electron chi connectivity index (χ2n) is 4.38. The number of rotatable bonds is 4. The van der Waals surface area contributed by atoms with Crippen molar-refractivity contribution >= 4 is 18.3 Å². The van der Waals surface area contributed by atoms with Crippen LogP contribution in [0.15, 0.2) is 54.3 Å². The molecule has 0 spiro atoms. The van der Waals surface area contributed by atoms with E-state index in [1.807, 2.05) is 38.1 Å². The van der Waals surface area contributed by atoms with E-state index in [-0.39, 0.29) is 4.87 Å². The molecule has 0 saturated heterocycles. The van der Waals surface area contributed by atoms with Crippen LogP contribution in [0, 0.1) is 0 Å². The number of nitrogens with zero attached hydrogens (tertiary/aromatic N) is 1. The molecule has 0 unspecified atom stereocenters. The van der Waals surface area contributed by atoms with Crippen molar-refractivity contribution < 1.29 is 0 Å². The van der Waals surface area contributed by atoms with E-state index in [4.69, 9.17) is 12.6 Å². The molecule has 0 bridgehead atoms. The van der Waals surface area contributed by atoms with E-state index in [0.29, 0.717) is 0 Å². The van der Waals surface area contributed by atoms with Crippen LogP contribution in [-0.2, 0) is 0 Å². The predicted octanol–water partition coefficient (Wildman–Crippen LogP) is 4.64. The van der Waals surface area contributed by atoms with Crippen LogP contribution in [0.3, 0.4) is 0 Å². The fourth-order valence-corrected chi connectivity index (χ4v) is 2.06. The lowest BCUT2D eigenvalue weighted by Crippen LogP contribution is -2.38. The van der Waals surface area contributed by atoms with Gasteiger partial charge in [0, 0.05) is 11.4 Å². The fourth-order valence-electron chi connectivity index (χ4n) is 1.83. The number of thiol groups is 1. The molecule has 92 valence electrons. The summed E-state index contributed by atoms with van der Waals surface area (Å²) in [5.41, 5.74) is 2.30. The minimum absolute atomic E-state index is 0.247. The molecule has 0 aliphatic rings. The van der Waals surface area contributed by atoms with Crippen molar-refractivity contribution in [3.05, 3.63) is 54.3 Å². The number of anilines is 1. The Bertz CT molecular complexity index is 399. The first-order valence-electron chi connectivity index (χ1n) is 5.87. The Hall–Kier alpha value is -1.15. The van der Waals surface area contributed by atoms with Gasteiger partial charge in [-0.3, -0.25) is 0 Å². The molecule has 1 nitrogen and oxygen atoms in total. The lowest BCUT2D eigenvalue weighted by molar-refractivity contribution is 0.706. The molecule has 0 aromatic heterocycles. The number of benzene rings is 1. The minimum atomic E-state index is -0.247. The van der Waals surface area contributed by atoms with Gasteiger partial charge in [-0.15, -0.1) is 0 Å². The monoisotopic (exact) mass is 247 g/mol. The van der Waals surface area contributed by atoms with Gasteiger partial charge >= 0.3 is 0 Å². The maximum atomic E-state index is 4.70. The molecule has 17 heavy (non-hydrogen) atoms. The molecule has 0 N–H and O–H groups in total. The largest absolute Gasteiger partial charge is 0.327 e. The second kappa shape index (κ2) is 5.97. The molecule has 0 saturated carbocycles. The lowest BCUT2D eigenvalue weighted by atomic mass is 10.2. The van der Waals surface area contributed by atoms with Crippen LogP contribution in [-0.4, -0.2) is 4.87 Å². The van der Waals surface area contributed by atoms with E-state index < -0.39 is 0 Å². The average Bonchev–Trinajstić information content (AvgIpc) is 2.28. The quantitative estimate of drug-likeness (QED) is 0.461. The van der Waals surface area contributed by atoms with E-state index in [9.17, 15) is 0 Å². The highest BCUT2D eigenvalue weighted by Gasteiger charge is 2.24. The molecule has 1 aromatic rings. The Kier molecular flexibility index (Phi) is 4.88. The van der Waals surface area contributed by atoms with Crippen LogP contribution in [0.4, 0.5) is 5.69 Å². The van der Waals surface area contributed by atoms with Crippen LogP contribution >= 0.6 is 12.6 Å². The molecular formula is C15H21NS. The lowest BCUT2D eigenvalue weighted by Gasteiger charge is -2.37. The third-order valence-electron chi connectivity index (χ3n) is 2.45. The Labute approximate surface area is 110 Å². The summed E-state index contributed by atoms with van der Waals surface area (Å²) in [6.07, 6.45) is 6.25. The average molecular weight is 247 g/mol. The predicted molar refractivity (Wildman–Crippen MR) is 80.6 cm³/mol. The van der Waals surface area contributed by atoms with Gasteiger partial charge < -0.3 is 4.90 Å². The molecular weight excluding hydrogens is 226 g/mol. The van der Waals surface area contributed by atoms with Gasteiger partial charge in [0.15, 0.2) is 0 Å². The topological polar surface area (TPSA) is 3.24 Å². The van der Waals surface area contributed by atoms with Crippen molar-refractivity contribution in [3.63, 3.8) is 0 Å². The highest BCUT2D eigenvalue weighted by molar-refractivity contribution is 7.81. The van der Waals surface area contributed by atoms with Gasteiger partial charge in [0.1, 0.15) is 0 Å². The Morgan fingerprint density at radius 3 is 2.18 bits per heavy atom. The maximum absolute atomic E-state index is 4.70. The molecule has 1 rings (SSSR count). The Morgan fingerprint density at radius 1 is 1.18 bits per heavy atom. The summed E-state index contributed by atoms with van der Waals surface area (Å²) in [6.45, 7) is 8.26. The normalized spacial score (nSPS) is 13.1. The zero-order valence-electron chi connectivity index (χ0n) is 11.0. The summed E-state index contributed by atoms with van der Waals surface area (Å²) in [4.78, 5) is 1.97. The van der Waals surface area contributed by atoms with Crippen LogP contribution in [0.1, 0.15) is 27.7 Å². The third-order valence-corrected chi connectivity index (χ3v) is 2.65. The van der Waals surface area contributed by atoms with Crippen molar-refractivity contribution in [2.75, 3.05) is 4.90 Å². The zero-order chi connectivity index (χ0) is 12.9. The number of hydrogen-bond donors (Lipinski definition) is 1. The molecule has 2 heteroatoms. The van der Waals surface area contributed by atoms with Gasteiger partial charge in [-0.1, -0.05) is 30.4 Å². The van der Waals surface area contributed by atoms with Crippen LogP contribution in [0.25, 0.3) is 0 Å². The Morgan fingerprint density at radius 2 is 1.76 bits per heavy atom. The zero-order valence-corrected chi connectivity index (χ0v) is 11.9. The fraction of sp³-hybridized carbons (Fsp3) is 0.333. The van der Waals surface area contributed by atoms with Gasteiger partial charge in [0.05, 0.1) is 4.87 Å². The molecule has 0 fully saturated rings. The highest BCUT2D eigenvalue weighted by atomic mass is 32.1. The first kappa shape index (κ1) is 13.9. The summed E-state index contributed by atoms with van der Waals surface area (Å²) >= 11 is 4.70. The molecule has 0 atom stereocenters. The van der Waals surface area contributed by atoms with Gasteiger partial charge in [0.2, 0.25) is 0 Å². The maximum Gasteiger partial charge on any atom is 0.0824 e. The molecule has 0 aliphatic carbocycles. The van der Waals surface area contributed by atoms with Crippen molar-refractivity contribution in [2.45, 2.75) is 32.6 Å². The van der Waals surface area contributed by atoms with Crippen molar-refractivity contribution in [1.29, 1.82) is 0 Å². The first-order valence-corrected chi connectivity index (χ1v) is 6.32. The summed E-state index contributed by atoms with van der Waals surface area (Å²) < 4.78 is 0. The number of allylic oxidation sites excluding steroid dienone is 3. The van der Waals surface area contributed by atoms with Gasteiger partial charge in [-0.2, -0.15) is 12.6 Å². The van der Waals surface area contributed by atoms with Crippen LogP contribution in [0.5, 0.6) is 0 Å². The van der Waals surface area contributed by atoms with Crippen LogP contribution < -0.4 is 4.90 Å². The smallest absolute Gasteiger partial charge is 0.0824 e. The number of para-hydroxylation sites is 1.